The number of amides is 1. The fourth-order valence-electron chi connectivity index (χ4n) is 5.75. The van der Waals surface area contributed by atoms with Crippen LogP contribution in [0.2, 0.25) is 0 Å². The molecule has 2 heterocycles. The number of carbonyl (C=O) groups excluding carboxylic acids is 1. The van der Waals surface area contributed by atoms with Crippen molar-refractivity contribution in [1.29, 1.82) is 0 Å². The van der Waals surface area contributed by atoms with E-state index in [0.717, 1.165) is 43.4 Å². The molecule has 6 rings (SSSR count). The lowest BCUT2D eigenvalue weighted by Crippen LogP contribution is -2.40. The highest BCUT2D eigenvalue weighted by Crippen LogP contribution is 2.51. The van der Waals surface area contributed by atoms with Crippen LogP contribution >= 0.6 is 11.3 Å². The number of hydrogen-bond acceptors (Lipinski definition) is 4. The first kappa shape index (κ1) is 21.9. The minimum atomic E-state index is -0.0912. The summed E-state index contributed by atoms with van der Waals surface area (Å²) in [6, 6.07) is 21.2. The maximum Gasteiger partial charge on any atom is 0.230 e. The largest absolute Gasteiger partial charge is 0.302 e. The molecule has 2 unspecified atom stereocenters. The average molecular weight is 478 g/mol. The zero-order valence-corrected chi connectivity index (χ0v) is 20.3. The quantitative estimate of drug-likeness (QED) is 0.330. The van der Waals surface area contributed by atoms with E-state index >= 15 is 0 Å². The zero-order valence-electron chi connectivity index (χ0n) is 19.5. The molecule has 0 saturated carbocycles. The van der Waals surface area contributed by atoms with Crippen molar-refractivity contribution >= 4 is 22.4 Å². The van der Waals surface area contributed by atoms with E-state index in [1.807, 2.05) is 24.5 Å². The monoisotopic (exact) mass is 477 g/mol. The van der Waals surface area contributed by atoms with Crippen LogP contribution in [0.4, 0.5) is 5.13 Å². The van der Waals surface area contributed by atoms with Crippen molar-refractivity contribution in [1.82, 2.24) is 9.97 Å². The van der Waals surface area contributed by atoms with Crippen molar-refractivity contribution in [3.63, 3.8) is 0 Å². The molecule has 4 aromatic rings. The van der Waals surface area contributed by atoms with E-state index in [1.165, 1.54) is 33.6 Å². The van der Waals surface area contributed by atoms with Gasteiger partial charge in [-0.15, -0.1) is 11.3 Å². The molecule has 2 aliphatic carbocycles. The fraction of sp³-hybridized carbons (Fsp3) is 0.233. The molecular formula is C30H27N3OS. The summed E-state index contributed by atoms with van der Waals surface area (Å²) in [7, 11) is 0. The molecule has 0 radical (unpaired) electrons. The molecule has 2 aliphatic rings. The third-order valence-corrected chi connectivity index (χ3v) is 8.31. The van der Waals surface area contributed by atoms with E-state index < -0.39 is 0 Å². The molecule has 0 fully saturated rings. The van der Waals surface area contributed by atoms with Gasteiger partial charge in [0.05, 0.1) is 11.6 Å². The van der Waals surface area contributed by atoms with E-state index in [4.69, 9.17) is 4.98 Å². The van der Waals surface area contributed by atoms with Crippen LogP contribution in [0.1, 0.15) is 41.6 Å². The number of fused-ring (bicyclic) bond motifs is 2. The van der Waals surface area contributed by atoms with Gasteiger partial charge in [-0.25, -0.2) is 4.98 Å². The molecule has 0 saturated heterocycles. The molecule has 1 amide bonds. The van der Waals surface area contributed by atoms with Crippen LogP contribution in [0.25, 0.3) is 11.1 Å². The number of hydrogen-bond donors (Lipinski definition) is 1. The molecule has 35 heavy (non-hydrogen) atoms. The third kappa shape index (κ3) is 4.21. The summed E-state index contributed by atoms with van der Waals surface area (Å²) in [5.74, 6) is 0.0389. The molecule has 1 spiro atoms. The number of carbonyl (C=O) groups is 1. The van der Waals surface area contributed by atoms with Crippen LogP contribution in [0.3, 0.4) is 0 Å². The lowest BCUT2D eigenvalue weighted by Gasteiger charge is -2.37. The Labute approximate surface area is 209 Å². The molecular weight excluding hydrogens is 450 g/mol. The average Bonchev–Trinajstić information content (AvgIpc) is 3.47. The molecule has 1 N–H and O–H groups in total. The van der Waals surface area contributed by atoms with Crippen LogP contribution in [0.15, 0.2) is 90.6 Å². The Morgan fingerprint density at radius 1 is 1.00 bits per heavy atom. The number of nitrogens with one attached hydrogen (secondary N) is 1. The Kier molecular flexibility index (Phi) is 5.78. The van der Waals surface area contributed by atoms with Crippen molar-refractivity contribution in [2.75, 3.05) is 5.32 Å². The standard InChI is InChI=1S/C30H27N3OS/c34-28(27-19-24-6-2-3-7-26(24)30(27)14-4-1-5-15-30)33-29-32-25(20-35-29)18-21-8-10-22(11-9-21)23-12-16-31-17-13-23/h1-4,6-13,16-17,20,27H,5,14-15,18-19H2,(H,32,33,34). The van der Waals surface area contributed by atoms with Gasteiger partial charge >= 0.3 is 0 Å². The topological polar surface area (TPSA) is 54.9 Å². The highest BCUT2D eigenvalue weighted by atomic mass is 32.1. The summed E-state index contributed by atoms with van der Waals surface area (Å²) in [5, 5.41) is 5.91. The van der Waals surface area contributed by atoms with Gasteiger partial charge in [0.2, 0.25) is 5.91 Å². The van der Waals surface area contributed by atoms with Gasteiger partial charge in [0.25, 0.3) is 0 Å². The number of aromatic nitrogens is 2. The maximum absolute atomic E-state index is 13.5. The van der Waals surface area contributed by atoms with Crippen molar-refractivity contribution in [2.45, 2.75) is 37.5 Å². The maximum atomic E-state index is 13.5. The van der Waals surface area contributed by atoms with Gasteiger partial charge in [0.15, 0.2) is 5.13 Å². The molecule has 4 nitrogen and oxygen atoms in total. The van der Waals surface area contributed by atoms with Crippen LogP contribution in [-0.2, 0) is 23.1 Å². The summed E-state index contributed by atoms with van der Waals surface area (Å²) in [5.41, 5.74) is 7.10. The van der Waals surface area contributed by atoms with E-state index in [1.54, 1.807) is 0 Å². The van der Waals surface area contributed by atoms with Crippen molar-refractivity contribution in [2.24, 2.45) is 5.92 Å². The minimum absolute atomic E-state index is 0.0575. The minimum Gasteiger partial charge on any atom is -0.302 e. The first-order chi connectivity index (χ1) is 17.2. The van der Waals surface area contributed by atoms with E-state index in [-0.39, 0.29) is 17.2 Å². The Balaban J connectivity index is 1.15. The second kappa shape index (κ2) is 9.23. The second-order valence-electron chi connectivity index (χ2n) is 9.53. The summed E-state index contributed by atoms with van der Waals surface area (Å²) >= 11 is 1.51. The van der Waals surface area contributed by atoms with Crippen LogP contribution < -0.4 is 5.32 Å². The zero-order chi connectivity index (χ0) is 23.7. The SMILES string of the molecule is O=C(Nc1nc(Cc2ccc(-c3ccncc3)cc2)cs1)C1Cc2ccccc2C12CC=CCC2. The summed E-state index contributed by atoms with van der Waals surface area (Å²) < 4.78 is 0. The highest BCUT2D eigenvalue weighted by molar-refractivity contribution is 7.13. The van der Waals surface area contributed by atoms with Gasteiger partial charge < -0.3 is 5.32 Å². The van der Waals surface area contributed by atoms with Crippen molar-refractivity contribution in [3.05, 3.63) is 113 Å². The predicted octanol–water partition coefficient (Wildman–Crippen LogP) is 6.58. The highest BCUT2D eigenvalue weighted by Gasteiger charge is 2.49. The summed E-state index contributed by atoms with van der Waals surface area (Å²) in [4.78, 5) is 22.4. The van der Waals surface area contributed by atoms with Gasteiger partial charge in [0, 0.05) is 29.6 Å². The second-order valence-corrected chi connectivity index (χ2v) is 10.4. The Hall–Kier alpha value is -3.57. The molecule has 2 atom stereocenters. The van der Waals surface area contributed by atoms with Gasteiger partial charge in [0.1, 0.15) is 0 Å². The lowest BCUT2D eigenvalue weighted by atomic mass is 9.67. The van der Waals surface area contributed by atoms with Gasteiger partial charge in [-0.1, -0.05) is 60.7 Å². The molecule has 2 aromatic heterocycles. The number of rotatable bonds is 5. The Bertz CT molecular complexity index is 1380. The van der Waals surface area contributed by atoms with E-state index in [9.17, 15) is 4.79 Å². The lowest BCUT2D eigenvalue weighted by molar-refractivity contribution is -0.121. The first-order valence-electron chi connectivity index (χ1n) is 12.2. The van der Waals surface area contributed by atoms with E-state index in [2.05, 4.69) is 76.4 Å². The molecule has 0 aliphatic heterocycles. The third-order valence-electron chi connectivity index (χ3n) is 7.50. The molecule has 0 bridgehead atoms. The number of pyridine rings is 1. The fourth-order valence-corrected chi connectivity index (χ4v) is 6.47. The number of benzene rings is 2. The Morgan fingerprint density at radius 3 is 2.60 bits per heavy atom. The van der Waals surface area contributed by atoms with Crippen LogP contribution in [0, 0.1) is 5.92 Å². The normalized spacial score (nSPS) is 20.6. The van der Waals surface area contributed by atoms with Crippen molar-refractivity contribution in [3.8, 4) is 11.1 Å². The van der Waals surface area contributed by atoms with Crippen LogP contribution in [0.5, 0.6) is 0 Å². The number of allylic oxidation sites excluding steroid dienone is 2. The summed E-state index contributed by atoms with van der Waals surface area (Å²) in [6.07, 6.45) is 12.7. The smallest absolute Gasteiger partial charge is 0.230 e. The molecule has 174 valence electrons. The number of nitrogens with zero attached hydrogens (tertiary/aromatic N) is 2. The van der Waals surface area contributed by atoms with Crippen molar-refractivity contribution < 1.29 is 4.79 Å². The first-order valence-corrected chi connectivity index (χ1v) is 13.1. The predicted molar refractivity (Wildman–Crippen MR) is 142 cm³/mol. The molecule has 5 heteroatoms. The molecule has 2 aromatic carbocycles. The van der Waals surface area contributed by atoms with Gasteiger partial charge in [-0.2, -0.15) is 0 Å². The number of anilines is 1. The van der Waals surface area contributed by atoms with Gasteiger partial charge in [-0.05, 0) is 65.6 Å². The summed E-state index contributed by atoms with van der Waals surface area (Å²) in [6.45, 7) is 0. The van der Waals surface area contributed by atoms with E-state index in [0.29, 0.717) is 5.13 Å². The van der Waals surface area contributed by atoms with Crippen LogP contribution in [-0.4, -0.2) is 15.9 Å². The number of thiazole rings is 1. The Morgan fingerprint density at radius 2 is 1.80 bits per heavy atom. The van der Waals surface area contributed by atoms with Gasteiger partial charge in [-0.3, -0.25) is 9.78 Å².